The number of aryl methyl sites for hydroxylation is 2. The van der Waals surface area contributed by atoms with Crippen molar-refractivity contribution in [1.82, 2.24) is 24.5 Å². The molecule has 0 amide bonds. The van der Waals surface area contributed by atoms with E-state index < -0.39 is 0 Å². The summed E-state index contributed by atoms with van der Waals surface area (Å²) in [4.78, 5) is 17.9. The van der Waals surface area contributed by atoms with Gasteiger partial charge in [-0.3, -0.25) is 4.57 Å². The summed E-state index contributed by atoms with van der Waals surface area (Å²) in [5.41, 5.74) is 4.16. The minimum absolute atomic E-state index is 0.511. The van der Waals surface area contributed by atoms with E-state index in [-0.39, 0.29) is 0 Å². The second kappa shape index (κ2) is 14.0. The zero-order valence-corrected chi connectivity index (χ0v) is 28.1. The standard InChI is InChI=1S/C42H33N5O4/c1-3-28-22-34(48-30-12-9-14-32(24-30)50-38-16-5-7-18-43-38)26-36-40(28)41-29(4-2)23-35(27-37(41)47(36)42-45-20-11-21-46-42)49-31-13-10-15-33(25-31)51-39-17-6-8-19-44-39/h5-27H,3-4H2,1-2H3. The molecule has 0 N–H and O–H groups in total. The number of hydrogen-bond donors (Lipinski definition) is 0. The van der Waals surface area contributed by atoms with Crippen LogP contribution in [0.1, 0.15) is 25.0 Å². The molecule has 0 atom stereocenters. The van der Waals surface area contributed by atoms with E-state index in [0.717, 1.165) is 45.8 Å². The van der Waals surface area contributed by atoms with Crippen molar-refractivity contribution in [3.8, 4) is 52.2 Å². The van der Waals surface area contributed by atoms with E-state index in [9.17, 15) is 0 Å². The molecule has 250 valence electrons. The van der Waals surface area contributed by atoms with Crippen LogP contribution in [0.25, 0.3) is 27.8 Å². The van der Waals surface area contributed by atoms with E-state index in [0.29, 0.717) is 52.2 Å². The molecule has 9 heteroatoms. The molecule has 0 aliphatic heterocycles. The fraction of sp³-hybridized carbons (Fsp3) is 0.0952. The molecule has 0 saturated heterocycles. The first-order valence-electron chi connectivity index (χ1n) is 16.8. The fourth-order valence-corrected chi connectivity index (χ4v) is 6.20. The van der Waals surface area contributed by atoms with Crippen molar-refractivity contribution in [2.45, 2.75) is 26.7 Å². The molecule has 8 rings (SSSR count). The van der Waals surface area contributed by atoms with Gasteiger partial charge in [0.05, 0.1) is 11.0 Å². The maximum Gasteiger partial charge on any atom is 0.234 e. The van der Waals surface area contributed by atoms with E-state index in [1.165, 1.54) is 0 Å². The number of nitrogens with zero attached hydrogens (tertiary/aromatic N) is 5. The molecule has 0 spiro atoms. The number of hydrogen-bond acceptors (Lipinski definition) is 8. The van der Waals surface area contributed by atoms with Crippen LogP contribution in [0.4, 0.5) is 0 Å². The normalized spacial score (nSPS) is 11.1. The molecular weight excluding hydrogens is 638 g/mol. The molecule has 4 aromatic carbocycles. The lowest BCUT2D eigenvalue weighted by Gasteiger charge is -2.12. The first-order valence-corrected chi connectivity index (χ1v) is 16.8. The van der Waals surface area contributed by atoms with E-state index in [2.05, 4.69) is 62.6 Å². The predicted octanol–water partition coefficient (Wildman–Crippen LogP) is 10.7. The summed E-state index contributed by atoms with van der Waals surface area (Å²) < 4.78 is 27.0. The first-order chi connectivity index (χ1) is 25.1. The highest BCUT2D eigenvalue weighted by molar-refractivity contribution is 6.13. The van der Waals surface area contributed by atoms with E-state index in [1.807, 2.05) is 91.0 Å². The Morgan fingerprint density at radius 3 is 1.31 bits per heavy atom. The Kier molecular flexibility index (Phi) is 8.66. The van der Waals surface area contributed by atoms with Crippen LogP contribution in [-0.4, -0.2) is 24.5 Å². The number of benzene rings is 4. The van der Waals surface area contributed by atoms with Crippen molar-refractivity contribution in [3.63, 3.8) is 0 Å². The van der Waals surface area contributed by atoms with Gasteiger partial charge in [0.1, 0.15) is 34.5 Å². The second-order valence-corrected chi connectivity index (χ2v) is 11.7. The molecule has 0 aliphatic carbocycles. The van der Waals surface area contributed by atoms with Gasteiger partial charge in [0.2, 0.25) is 17.7 Å². The maximum atomic E-state index is 6.51. The summed E-state index contributed by atoms with van der Waals surface area (Å²) in [5.74, 6) is 5.49. The molecule has 0 saturated carbocycles. The van der Waals surface area contributed by atoms with E-state index in [1.54, 1.807) is 24.8 Å². The van der Waals surface area contributed by atoms with E-state index in [4.69, 9.17) is 18.9 Å². The average molecular weight is 672 g/mol. The number of pyridine rings is 2. The first kappa shape index (κ1) is 31.5. The zero-order chi connectivity index (χ0) is 34.6. The van der Waals surface area contributed by atoms with Crippen molar-refractivity contribution in [2.75, 3.05) is 0 Å². The van der Waals surface area contributed by atoms with Gasteiger partial charge in [-0.2, -0.15) is 0 Å². The second-order valence-electron chi connectivity index (χ2n) is 11.7. The van der Waals surface area contributed by atoms with Gasteiger partial charge in [-0.15, -0.1) is 0 Å². The molecule has 4 aromatic heterocycles. The smallest absolute Gasteiger partial charge is 0.234 e. The van der Waals surface area contributed by atoms with Gasteiger partial charge in [0.15, 0.2) is 0 Å². The van der Waals surface area contributed by atoms with Gasteiger partial charge in [0.25, 0.3) is 0 Å². The van der Waals surface area contributed by atoms with Crippen LogP contribution in [0, 0.1) is 0 Å². The lowest BCUT2D eigenvalue weighted by Crippen LogP contribution is -2.00. The predicted molar refractivity (Wildman–Crippen MR) is 197 cm³/mol. The van der Waals surface area contributed by atoms with Crippen LogP contribution in [0.3, 0.4) is 0 Å². The van der Waals surface area contributed by atoms with Crippen LogP contribution >= 0.6 is 0 Å². The molecule has 0 bridgehead atoms. The summed E-state index contributed by atoms with van der Waals surface area (Å²) in [6, 6.07) is 36.3. The Balaban J connectivity index is 1.22. The SMILES string of the molecule is CCc1cc(Oc2cccc(Oc3ccccn3)c2)cc2c1c1c(CC)cc(Oc3cccc(Oc4ccccn4)c3)cc1n2-c1ncccn1. The van der Waals surface area contributed by atoms with Crippen molar-refractivity contribution >= 4 is 21.8 Å². The molecule has 9 nitrogen and oxygen atoms in total. The highest BCUT2D eigenvalue weighted by Crippen LogP contribution is 2.42. The van der Waals surface area contributed by atoms with E-state index >= 15 is 0 Å². The van der Waals surface area contributed by atoms with Crippen LogP contribution in [0.15, 0.2) is 140 Å². The molecule has 0 unspecified atom stereocenters. The average Bonchev–Trinajstić information content (AvgIpc) is 3.49. The monoisotopic (exact) mass is 671 g/mol. The molecule has 51 heavy (non-hydrogen) atoms. The van der Waals surface area contributed by atoms with Crippen LogP contribution < -0.4 is 18.9 Å². The number of rotatable bonds is 11. The quantitative estimate of drug-likeness (QED) is 0.134. The largest absolute Gasteiger partial charge is 0.457 e. The fourth-order valence-electron chi connectivity index (χ4n) is 6.20. The summed E-state index contributed by atoms with van der Waals surface area (Å²) in [6.07, 6.45) is 8.47. The van der Waals surface area contributed by atoms with Crippen LogP contribution in [0.5, 0.6) is 46.3 Å². The topological polar surface area (TPSA) is 93.4 Å². The van der Waals surface area contributed by atoms with Gasteiger partial charge in [0, 0.05) is 72.0 Å². The van der Waals surface area contributed by atoms with Crippen LogP contribution in [-0.2, 0) is 12.8 Å². The van der Waals surface area contributed by atoms with Crippen molar-refractivity contribution in [2.24, 2.45) is 0 Å². The lowest BCUT2D eigenvalue weighted by atomic mass is 9.99. The Morgan fingerprint density at radius 1 is 0.431 bits per heavy atom. The highest BCUT2D eigenvalue weighted by Gasteiger charge is 2.22. The van der Waals surface area contributed by atoms with Gasteiger partial charge in [-0.1, -0.05) is 38.1 Å². The van der Waals surface area contributed by atoms with Gasteiger partial charge >= 0.3 is 0 Å². The third-order valence-corrected chi connectivity index (χ3v) is 8.39. The molecular formula is C42H33N5O4. The van der Waals surface area contributed by atoms with Gasteiger partial charge < -0.3 is 18.9 Å². The molecule has 4 heterocycles. The summed E-state index contributed by atoms with van der Waals surface area (Å²) in [7, 11) is 0. The van der Waals surface area contributed by atoms with Crippen LogP contribution in [0.2, 0.25) is 0 Å². The maximum absolute atomic E-state index is 6.51. The molecule has 0 aliphatic rings. The van der Waals surface area contributed by atoms with Gasteiger partial charge in [-0.05, 0) is 78.6 Å². The summed E-state index contributed by atoms with van der Waals surface area (Å²) in [6.45, 7) is 4.32. The minimum Gasteiger partial charge on any atom is -0.457 e. The zero-order valence-electron chi connectivity index (χ0n) is 28.1. The third-order valence-electron chi connectivity index (χ3n) is 8.39. The Morgan fingerprint density at radius 2 is 0.882 bits per heavy atom. The molecule has 0 radical (unpaired) electrons. The highest BCUT2D eigenvalue weighted by atomic mass is 16.5. The third kappa shape index (κ3) is 6.65. The summed E-state index contributed by atoms with van der Waals surface area (Å²) in [5, 5.41) is 2.27. The van der Waals surface area contributed by atoms with Gasteiger partial charge in [-0.25, -0.2) is 19.9 Å². The minimum atomic E-state index is 0.511. The lowest BCUT2D eigenvalue weighted by molar-refractivity contribution is 0.448. The molecule has 8 aromatic rings. The van der Waals surface area contributed by atoms with Crippen molar-refractivity contribution < 1.29 is 18.9 Å². The number of fused-ring (bicyclic) bond motifs is 3. The Labute approximate surface area is 294 Å². The molecule has 0 fully saturated rings. The summed E-state index contributed by atoms with van der Waals surface area (Å²) >= 11 is 0. The Bertz CT molecular complexity index is 2300. The van der Waals surface area contributed by atoms with Crippen molar-refractivity contribution in [3.05, 3.63) is 151 Å². The van der Waals surface area contributed by atoms with Crippen molar-refractivity contribution in [1.29, 1.82) is 0 Å². The Hall–Kier alpha value is -6.74. The number of aromatic nitrogens is 5. The number of ether oxygens (including phenoxy) is 4.